The van der Waals surface area contributed by atoms with Crippen molar-refractivity contribution in [2.75, 3.05) is 18.5 Å². The van der Waals surface area contributed by atoms with Crippen LogP contribution in [0.25, 0.3) is 22.2 Å². The summed E-state index contributed by atoms with van der Waals surface area (Å²) < 4.78 is 11.2. The predicted octanol–water partition coefficient (Wildman–Crippen LogP) is 5.81. The summed E-state index contributed by atoms with van der Waals surface area (Å²) in [6.07, 6.45) is 0.243. The summed E-state index contributed by atoms with van der Waals surface area (Å²) in [4.78, 5) is 16.4. The molecule has 0 saturated heterocycles. The minimum Gasteiger partial charge on any atom is -0.494 e. The van der Waals surface area contributed by atoms with Crippen LogP contribution in [0.15, 0.2) is 72.8 Å². The smallest absolute Gasteiger partial charge is 0.228 e. The minimum absolute atomic E-state index is 0.0796. The molecule has 4 aromatic rings. The number of H-pyrrole nitrogens is 1. The van der Waals surface area contributed by atoms with Crippen molar-refractivity contribution in [2.45, 2.75) is 20.3 Å². The maximum Gasteiger partial charge on any atom is 0.228 e. The number of hydrogen-bond acceptors (Lipinski definition) is 3. The monoisotopic (exact) mass is 414 g/mol. The Hall–Kier alpha value is -3.73. The maximum absolute atomic E-state index is 12.9. The van der Waals surface area contributed by atoms with Crippen LogP contribution >= 0.6 is 0 Å². The van der Waals surface area contributed by atoms with E-state index >= 15 is 0 Å². The van der Waals surface area contributed by atoms with E-state index in [-0.39, 0.29) is 12.3 Å². The minimum atomic E-state index is -0.0796. The van der Waals surface area contributed by atoms with Crippen molar-refractivity contribution in [2.24, 2.45) is 0 Å². The number of amides is 1. The van der Waals surface area contributed by atoms with Crippen LogP contribution in [-0.4, -0.2) is 24.1 Å². The Labute approximate surface area is 182 Å². The first-order valence-electron chi connectivity index (χ1n) is 10.5. The summed E-state index contributed by atoms with van der Waals surface area (Å²) in [6, 6.07) is 23.4. The quantitative estimate of drug-likeness (QED) is 0.382. The van der Waals surface area contributed by atoms with Gasteiger partial charge in [0.1, 0.15) is 11.5 Å². The number of anilines is 1. The van der Waals surface area contributed by atoms with Gasteiger partial charge in [-0.1, -0.05) is 30.3 Å². The van der Waals surface area contributed by atoms with E-state index < -0.39 is 0 Å². The van der Waals surface area contributed by atoms with Gasteiger partial charge in [-0.05, 0) is 67.4 Å². The fourth-order valence-corrected chi connectivity index (χ4v) is 3.69. The van der Waals surface area contributed by atoms with E-state index in [2.05, 4.69) is 10.3 Å². The lowest BCUT2D eigenvalue weighted by Crippen LogP contribution is -2.14. The second-order valence-corrected chi connectivity index (χ2v) is 7.17. The molecule has 158 valence electrons. The highest BCUT2D eigenvalue weighted by atomic mass is 16.5. The second kappa shape index (κ2) is 9.39. The Morgan fingerprint density at radius 2 is 1.55 bits per heavy atom. The van der Waals surface area contributed by atoms with Crippen molar-refractivity contribution < 1.29 is 14.3 Å². The number of benzene rings is 3. The van der Waals surface area contributed by atoms with Gasteiger partial charge in [-0.2, -0.15) is 0 Å². The standard InChI is InChI=1S/C26H26N2O3/c1-3-30-20-12-10-19(11-13-20)27-25(29)17-23-22-16-21(31-4-2)14-15-24(22)28-26(23)18-8-6-5-7-9-18/h5-16,28H,3-4,17H2,1-2H3,(H,27,29). The van der Waals surface area contributed by atoms with Crippen molar-refractivity contribution in [3.63, 3.8) is 0 Å². The van der Waals surface area contributed by atoms with Gasteiger partial charge in [-0.3, -0.25) is 4.79 Å². The summed E-state index contributed by atoms with van der Waals surface area (Å²) in [5.74, 6) is 1.50. The Morgan fingerprint density at radius 1 is 0.871 bits per heavy atom. The van der Waals surface area contributed by atoms with Gasteiger partial charge in [0.2, 0.25) is 5.91 Å². The Kier molecular flexibility index (Phi) is 6.22. The number of carbonyl (C=O) groups excluding carboxylic acids is 1. The Morgan fingerprint density at radius 3 is 2.26 bits per heavy atom. The molecule has 0 radical (unpaired) electrons. The molecule has 0 aliphatic heterocycles. The van der Waals surface area contributed by atoms with E-state index in [0.29, 0.717) is 13.2 Å². The SMILES string of the molecule is CCOc1ccc(NC(=O)Cc2c(-c3ccccc3)[nH]c3ccc(OCC)cc23)cc1. The lowest BCUT2D eigenvalue weighted by atomic mass is 10.0. The molecule has 1 amide bonds. The fraction of sp³-hybridized carbons (Fsp3) is 0.192. The van der Waals surface area contributed by atoms with Gasteiger partial charge >= 0.3 is 0 Å². The summed E-state index contributed by atoms with van der Waals surface area (Å²) in [5.41, 5.74) is 4.66. The summed E-state index contributed by atoms with van der Waals surface area (Å²) >= 11 is 0. The zero-order valence-corrected chi connectivity index (χ0v) is 17.8. The second-order valence-electron chi connectivity index (χ2n) is 7.17. The van der Waals surface area contributed by atoms with Crippen molar-refractivity contribution in [3.8, 4) is 22.8 Å². The number of carbonyl (C=O) groups is 1. The van der Waals surface area contributed by atoms with E-state index in [0.717, 1.165) is 44.9 Å². The number of hydrogen-bond donors (Lipinski definition) is 2. The van der Waals surface area contributed by atoms with Crippen molar-refractivity contribution in [1.82, 2.24) is 4.98 Å². The van der Waals surface area contributed by atoms with Crippen LogP contribution in [0, 0.1) is 0 Å². The third-order valence-electron chi connectivity index (χ3n) is 5.04. The predicted molar refractivity (Wildman–Crippen MR) is 125 cm³/mol. The van der Waals surface area contributed by atoms with Crippen molar-refractivity contribution >= 4 is 22.5 Å². The number of aromatic nitrogens is 1. The van der Waals surface area contributed by atoms with Gasteiger partial charge in [0, 0.05) is 16.6 Å². The van der Waals surface area contributed by atoms with Crippen LogP contribution in [0.5, 0.6) is 11.5 Å². The summed E-state index contributed by atoms with van der Waals surface area (Å²) in [5, 5.41) is 3.99. The van der Waals surface area contributed by atoms with Crippen molar-refractivity contribution in [3.05, 3.63) is 78.4 Å². The third kappa shape index (κ3) is 4.72. The molecule has 5 heteroatoms. The molecule has 5 nitrogen and oxygen atoms in total. The zero-order chi connectivity index (χ0) is 21.6. The molecule has 4 rings (SSSR count). The van der Waals surface area contributed by atoms with Crippen LogP contribution in [0.4, 0.5) is 5.69 Å². The molecule has 1 heterocycles. The first-order valence-corrected chi connectivity index (χ1v) is 10.5. The number of fused-ring (bicyclic) bond motifs is 1. The maximum atomic E-state index is 12.9. The highest BCUT2D eigenvalue weighted by molar-refractivity contribution is 5.99. The van der Waals surface area contributed by atoms with E-state index in [4.69, 9.17) is 9.47 Å². The lowest BCUT2D eigenvalue weighted by molar-refractivity contribution is -0.115. The van der Waals surface area contributed by atoms with E-state index in [9.17, 15) is 4.79 Å². The molecular weight excluding hydrogens is 388 g/mol. The number of nitrogens with one attached hydrogen (secondary N) is 2. The van der Waals surface area contributed by atoms with E-state index in [1.165, 1.54) is 0 Å². The Bertz CT molecular complexity index is 1160. The molecule has 0 spiro atoms. The van der Waals surface area contributed by atoms with Crippen LogP contribution in [0.3, 0.4) is 0 Å². The molecule has 0 aliphatic rings. The van der Waals surface area contributed by atoms with Crippen LogP contribution < -0.4 is 14.8 Å². The number of rotatable bonds is 8. The third-order valence-corrected chi connectivity index (χ3v) is 5.04. The summed E-state index contributed by atoms with van der Waals surface area (Å²) in [7, 11) is 0. The molecule has 0 aliphatic carbocycles. The van der Waals surface area contributed by atoms with Gasteiger partial charge in [0.05, 0.1) is 25.3 Å². The van der Waals surface area contributed by atoms with E-state index in [1.54, 1.807) is 0 Å². The molecule has 3 aromatic carbocycles. The van der Waals surface area contributed by atoms with E-state index in [1.807, 2.05) is 86.6 Å². The first kappa shape index (κ1) is 20.5. The lowest BCUT2D eigenvalue weighted by Gasteiger charge is -2.09. The van der Waals surface area contributed by atoms with Crippen LogP contribution in [0.2, 0.25) is 0 Å². The van der Waals surface area contributed by atoms with Gasteiger partial charge in [-0.15, -0.1) is 0 Å². The highest BCUT2D eigenvalue weighted by Crippen LogP contribution is 2.33. The van der Waals surface area contributed by atoms with Gasteiger partial charge in [0.15, 0.2) is 0 Å². The first-order chi connectivity index (χ1) is 15.2. The Balaban J connectivity index is 1.65. The summed E-state index contributed by atoms with van der Waals surface area (Å²) in [6.45, 7) is 5.10. The zero-order valence-electron chi connectivity index (χ0n) is 17.8. The van der Waals surface area contributed by atoms with Crippen LogP contribution in [0.1, 0.15) is 19.4 Å². The average molecular weight is 415 g/mol. The molecule has 0 atom stereocenters. The molecule has 2 N–H and O–H groups in total. The molecule has 1 aromatic heterocycles. The number of ether oxygens (including phenoxy) is 2. The topological polar surface area (TPSA) is 63.3 Å². The fourth-order valence-electron chi connectivity index (χ4n) is 3.69. The highest BCUT2D eigenvalue weighted by Gasteiger charge is 2.17. The average Bonchev–Trinajstić information content (AvgIpc) is 3.14. The molecule has 0 unspecified atom stereocenters. The van der Waals surface area contributed by atoms with Gasteiger partial charge in [0.25, 0.3) is 0 Å². The molecule has 0 saturated carbocycles. The van der Waals surface area contributed by atoms with Gasteiger partial charge < -0.3 is 19.8 Å². The van der Waals surface area contributed by atoms with Crippen LogP contribution in [-0.2, 0) is 11.2 Å². The number of aromatic amines is 1. The van der Waals surface area contributed by atoms with Crippen molar-refractivity contribution in [1.29, 1.82) is 0 Å². The molecule has 31 heavy (non-hydrogen) atoms. The van der Waals surface area contributed by atoms with Gasteiger partial charge in [-0.25, -0.2) is 0 Å². The largest absolute Gasteiger partial charge is 0.494 e. The molecule has 0 fully saturated rings. The normalized spacial score (nSPS) is 10.8. The molecule has 0 bridgehead atoms. The molecular formula is C26H26N2O3.